The van der Waals surface area contributed by atoms with Gasteiger partial charge in [-0.15, -0.1) is 0 Å². The van der Waals surface area contributed by atoms with Crippen LogP contribution in [0.25, 0.3) is 0 Å². The summed E-state index contributed by atoms with van der Waals surface area (Å²) < 4.78 is 11.0. The van der Waals surface area contributed by atoms with Crippen molar-refractivity contribution in [1.82, 2.24) is 0 Å². The summed E-state index contributed by atoms with van der Waals surface area (Å²) >= 11 is -0.986. The molecule has 0 saturated heterocycles. The van der Waals surface area contributed by atoms with Gasteiger partial charge in [0.25, 0.3) is 0 Å². The van der Waals surface area contributed by atoms with Gasteiger partial charge >= 0.3 is 0 Å². The van der Waals surface area contributed by atoms with Gasteiger partial charge in [0.05, 0.1) is 0 Å². The molecule has 2 heteroatoms. The average molecular weight is 156 g/mol. The monoisotopic (exact) mass is 156 g/mol. The molecule has 0 aromatic heterocycles. The van der Waals surface area contributed by atoms with Gasteiger partial charge in [-0.05, 0) is 25.7 Å². The third kappa shape index (κ3) is 1.93. The van der Waals surface area contributed by atoms with Crippen LogP contribution in [0.3, 0.4) is 0 Å². The van der Waals surface area contributed by atoms with Crippen molar-refractivity contribution in [1.29, 1.82) is 0 Å². The molecule has 56 valence electrons. The molecule has 1 rings (SSSR count). The molecule has 0 aliphatic heterocycles. The molecule has 1 unspecified atom stereocenters. The Kier molecular flexibility index (Phi) is 3.11. The van der Waals surface area contributed by atoms with Crippen LogP contribution in [0, 0.1) is 11.7 Å². The van der Waals surface area contributed by atoms with Crippen LogP contribution in [-0.4, -0.2) is 9.80 Å². The average Bonchev–Trinajstić information content (AvgIpc) is 2.05. The highest BCUT2D eigenvalue weighted by Gasteiger charge is 2.23. The van der Waals surface area contributed by atoms with Crippen molar-refractivity contribution in [2.75, 3.05) is 0 Å². The maximum atomic E-state index is 11.0. The maximum Gasteiger partial charge on any atom is 0.146 e. The summed E-state index contributed by atoms with van der Waals surface area (Å²) in [4.78, 5) is 0. The number of rotatable bonds is 1. The lowest BCUT2D eigenvalue weighted by Gasteiger charge is -2.20. The van der Waals surface area contributed by atoms with Crippen molar-refractivity contribution in [3.05, 3.63) is 0 Å². The summed E-state index contributed by atoms with van der Waals surface area (Å²) in [6, 6.07) is 0. The first kappa shape index (κ1) is 7.97. The van der Waals surface area contributed by atoms with Gasteiger partial charge in [-0.1, -0.05) is 12.8 Å². The van der Waals surface area contributed by atoms with Crippen molar-refractivity contribution in [3.8, 4) is 11.7 Å². The lowest BCUT2D eigenvalue weighted by Crippen LogP contribution is -2.21. The first-order valence-corrected chi connectivity index (χ1v) is 4.92. The van der Waals surface area contributed by atoms with E-state index >= 15 is 0 Å². The highest BCUT2D eigenvalue weighted by molar-refractivity contribution is 7.96. The van der Waals surface area contributed by atoms with E-state index in [9.17, 15) is 4.55 Å². The Morgan fingerprint density at radius 1 is 1.30 bits per heavy atom. The molecule has 1 atom stereocenters. The van der Waals surface area contributed by atoms with Crippen molar-refractivity contribution >= 4 is 11.2 Å². The highest BCUT2D eigenvalue weighted by Crippen LogP contribution is 2.23. The fourth-order valence-corrected chi connectivity index (χ4v) is 2.33. The first-order valence-electron chi connectivity index (χ1n) is 3.71. The van der Waals surface area contributed by atoms with Crippen LogP contribution in [-0.2, 0) is 11.2 Å². The van der Waals surface area contributed by atoms with Gasteiger partial charge in [0.2, 0.25) is 0 Å². The number of terminal acetylenes is 1. The van der Waals surface area contributed by atoms with Crippen LogP contribution >= 0.6 is 0 Å². The lowest BCUT2D eigenvalue weighted by molar-refractivity contribution is 0.488. The molecule has 0 aromatic carbocycles. The molecule has 1 fully saturated rings. The maximum absolute atomic E-state index is 11.0. The van der Waals surface area contributed by atoms with Gasteiger partial charge in [0, 0.05) is 11.2 Å². The SMILES string of the molecule is C#C[S+]([O-])C1CCCCC1. The van der Waals surface area contributed by atoms with Crippen LogP contribution in [0.2, 0.25) is 0 Å². The molecular formula is C8H12OS. The van der Waals surface area contributed by atoms with E-state index in [1.165, 1.54) is 19.3 Å². The van der Waals surface area contributed by atoms with Crippen molar-refractivity contribution in [2.45, 2.75) is 37.4 Å². The van der Waals surface area contributed by atoms with Crippen LogP contribution in [0.4, 0.5) is 0 Å². The van der Waals surface area contributed by atoms with Crippen molar-refractivity contribution in [2.24, 2.45) is 0 Å². The van der Waals surface area contributed by atoms with E-state index in [-0.39, 0.29) is 0 Å². The van der Waals surface area contributed by atoms with Gasteiger partial charge in [-0.25, -0.2) is 0 Å². The van der Waals surface area contributed by atoms with Crippen LogP contribution in [0.5, 0.6) is 0 Å². The van der Waals surface area contributed by atoms with Gasteiger partial charge < -0.3 is 4.55 Å². The minimum atomic E-state index is -0.986. The van der Waals surface area contributed by atoms with Crippen molar-refractivity contribution in [3.63, 3.8) is 0 Å². The molecule has 1 saturated carbocycles. The highest BCUT2D eigenvalue weighted by atomic mass is 32.2. The zero-order valence-corrected chi connectivity index (χ0v) is 6.82. The lowest BCUT2D eigenvalue weighted by atomic mass is 10.0. The van der Waals surface area contributed by atoms with Gasteiger partial charge in [0.1, 0.15) is 10.5 Å². The Balaban J connectivity index is 2.33. The zero-order valence-electron chi connectivity index (χ0n) is 6.01. The Hall–Kier alpha value is -0.130. The Morgan fingerprint density at radius 3 is 2.40 bits per heavy atom. The Bertz CT molecular complexity index is 133. The molecule has 0 amide bonds. The van der Waals surface area contributed by atoms with Crippen LogP contribution < -0.4 is 0 Å². The first-order chi connectivity index (χ1) is 4.84. The third-order valence-corrected chi connectivity index (χ3v) is 3.28. The van der Waals surface area contributed by atoms with Gasteiger partial charge in [0.15, 0.2) is 0 Å². The Morgan fingerprint density at radius 2 is 1.90 bits per heavy atom. The normalized spacial score (nSPS) is 23.6. The topological polar surface area (TPSA) is 23.1 Å². The fraction of sp³-hybridized carbons (Fsp3) is 0.750. The predicted octanol–water partition coefficient (Wildman–Crippen LogP) is 1.66. The van der Waals surface area contributed by atoms with Crippen molar-refractivity contribution < 1.29 is 4.55 Å². The molecule has 1 aliphatic carbocycles. The van der Waals surface area contributed by atoms with Gasteiger partial charge in [-0.2, -0.15) is 0 Å². The molecule has 0 radical (unpaired) electrons. The standard InChI is InChI=1S/C8H12OS/c1-2-10(9)8-6-4-3-5-7-8/h1,8H,3-7H2. The van der Waals surface area contributed by atoms with E-state index in [1.807, 2.05) is 0 Å². The minimum absolute atomic E-state index is 0.304. The van der Waals surface area contributed by atoms with E-state index in [0.717, 1.165) is 12.8 Å². The largest absolute Gasteiger partial charge is 0.603 e. The number of hydrogen-bond donors (Lipinski definition) is 0. The predicted molar refractivity (Wildman–Crippen MR) is 43.8 cm³/mol. The summed E-state index contributed by atoms with van der Waals surface area (Å²) in [5.41, 5.74) is 0. The summed E-state index contributed by atoms with van der Waals surface area (Å²) in [7, 11) is 0. The van der Waals surface area contributed by atoms with E-state index < -0.39 is 11.2 Å². The number of hydrogen-bond acceptors (Lipinski definition) is 1. The molecule has 0 bridgehead atoms. The molecule has 0 aromatic rings. The zero-order chi connectivity index (χ0) is 7.40. The summed E-state index contributed by atoms with van der Waals surface area (Å²) in [6.45, 7) is 0. The summed E-state index contributed by atoms with van der Waals surface area (Å²) in [6.07, 6.45) is 10.9. The molecular weight excluding hydrogens is 144 g/mol. The summed E-state index contributed by atoms with van der Waals surface area (Å²) in [5, 5.41) is 2.61. The van der Waals surface area contributed by atoms with E-state index in [0.29, 0.717) is 5.25 Å². The molecule has 10 heavy (non-hydrogen) atoms. The molecule has 0 heterocycles. The molecule has 1 aliphatic rings. The minimum Gasteiger partial charge on any atom is -0.603 e. The third-order valence-electron chi connectivity index (χ3n) is 1.97. The van der Waals surface area contributed by atoms with Crippen LogP contribution in [0.15, 0.2) is 0 Å². The van der Waals surface area contributed by atoms with Crippen LogP contribution in [0.1, 0.15) is 32.1 Å². The van der Waals surface area contributed by atoms with Gasteiger partial charge in [-0.3, -0.25) is 0 Å². The smallest absolute Gasteiger partial charge is 0.146 e. The second kappa shape index (κ2) is 3.90. The second-order valence-corrected chi connectivity index (χ2v) is 4.17. The van der Waals surface area contributed by atoms with E-state index in [1.54, 1.807) is 0 Å². The van der Waals surface area contributed by atoms with E-state index in [2.05, 4.69) is 5.25 Å². The molecule has 1 nitrogen and oxygen atoms in total. The quantitative estimate of drug-likeness (QED) is 0.418. The fourth-order valence-electron chi connectivity index (χ4n) is 1.38. The summed E-state index contributed by atoms with van der Waals surface area (Å²) in [5.74, 6) is 0. The molecule has 0 N–H and O–H groups in total. The molecule has 0 spiro atoms. The Labute approximate surface area is 65.4 Å². The second-order valence-electron chi connectivity index (χ2n) is 2.68. The van der Waals surface area contributed by atoms with E-state index in [4.69, 9.17) is 6.42 Å².